The maximum atomic E-state index is 11.4. The van der Waals surface area contributed by atoms with Gasteiger partial charge < -0.3 is 15.8 Å². The first-order valence-electron chi connectivity index (χ1n) is 5.40. The van der Waals surface area contributed by atoms with Crippen molar-refractivity contribution in [3.8, 4) is 0 Å². The monoisotopic (exact) mass is 200 g/mol. The molecule has 1 heterocycles. The fourth-order valence-electron chi connectivity index (χ4n) is 1.58. The van der Waals surface area contributed by atoms with Crippen LogP contribution in [0.5, 0.6) is 0 Å². The van der Waals surface area contributed by atoms with Gasteiger partial charge in [0.25, 0.3) is 0 Å². The molecular formula is C10H20N2O2. The Morgan fingerprint density at radius 2 is 2.36 bits per heavy atom. The van der Waals surface area contributed by atoms with Crippen LogP contribution in [0.3, 0.4) is 0 Å². The molecule has 1 fully saturated rings. The lowest BCUT2D eigenvalue weighted by Gasteiger charge is -2.23. The van der Waals surface area contributed by atoms with Gasteiger partial charge in [-0.05, 0) is 32.2 Å². The van der Waals surface area contributed by atoms with Crippen LogP contribution in [0.1, 0.15) is 32.1 Å². The van der Waals surface area contributed by atoms with Crippen molar-refractivity contribution in [1.29, 1.82) is 0 Å². The summed E-state index contributed by atoms with van der Waals surface area (Å²) in [6.45, 7) is 2.17. The zero-order valence-electron chi connectivity index (χ0n) is 8.63. The number of ether oxygens (including phenoxy) is 1. The largest absolute Gasteiger partial charge is 0.379 e. The Hall–Kier alpha value is -0.610. The molecule has 4 nitrogen and oxygen atoms in total. The second-order valence-electron chi connectivity index (χ2n) is 3.73. The van der Waals surface area contributed by atoms with Crippen molar-refractivity contribution in [2.75, 3.05) is 19.8 Å². The summed E-state index contributed by atoms with van der Waals surface area (Å²) >= 11 is 0. The Morgan fingerprint density at radius 1 is 1.50 bits per heavy atom. The van der Waals surface area contributed by atoms with Crippen molar-refractivity contribution in [2.45, 2.75) is 38.1 Å². The minimum Gasteiger partial charge on any atom is -0.379 e. The first kappa shape index (κ1) is 11.5. The third-order valence-electron chi connectivity index (χ3n) is 2.38. The van der Waals surface area contributed by atoms with Crippen molar-refractivity contribution in [2.24, 2.45) is 5.73 Å². The molecule has 0 radical (unpaired) electrons. The first-order valence-corrected chi connectivity index (χ1v) is 5.40. The van der Waals surface area contributed by atoms with Crippen molar-refractivity contribution < 1.29 is 9.53 Å². The van der Waals surface area contributed by atoms with Crippen molar-refractivity contribution in [1.82, 2.24) is 5.32 Å². The maximum absolute atomic E-state index is 11.4. The summed E-state index contributed by atoms with van der Waals surface area (Å²) < 4.78 is 5.27. The zero-order valence-corrected chi connectivity index (χ0v) is 8.63. The Morgan fingerprint density at radius 3 is 3.00 bits per heavy atom. The van der Waals surface area contributed by atoms with E-state index in [2.05, 4.69) is 5.32 Å². The first-order chi connectivity index (χ1) is 6.83. The van der Waals surface area contributed by atoms with Crippen molar-refractivity contribution >= 4 is 5.91 Å². The van der Waals surface area contributed by atoms with Gasteiger partial charge in [0.15, 0.2) is 0 Å². The van der Waals surface area contributed by atoms with E-state index in [9.17, 15) is 4.79 Å². The van der Waals surface area contributed by atoms with E-state index in [4.69, 9.17) is 10.5 Å². The molecule has 1 atom stereocenters. The number of unbranched alkanes of at least 4 members (excludes halogenated alkanes) is 1. The van der Waals surface area contributed by atoms with Gasteiger partial charge in [-0.25, -0.2) is 0 Å². The standard InChI is InChI=1S/C10H20N2O2/c11-6-2-1-5-10(13)12-9-4-3-7-14-8-9/h9H,1-8,11H2,(H,12,13). The number of nitrogens with two attached hydrogens (primary N) is 1. The molecule has 0 spiro atoms. The van der Waals surface area contributed by atoms with Crippen LogP contribution in [0.25, 0.3) is 0 Å². The lowest BCUT2D eigenvalue weighted by Crippen LogP contribution is -2.40. The summed E-state index contributed by atoms with van der Waals surface area (Å²) in [6.07, 6.45) is 4.49. The highest BCUT2D eigenvalue weighted by atomic mass is 16.5. The minimum atomic E-state index is 0.133. The number of carbonyl (C=O) groups excluding carboxylic acids is 1. The van der Waals surface area contributed by atoms with E-state index in [0.717, 1.165) is 32.3 Å². The Kier molecular flexibility index (Phi) is 5.56. The van der Waals surface area contributed by atoms with E-state index < -0.39 is 0 Å². The van der Waals surface area contributed by atoms with E-state index in [0.29, 0.717) is 19.6 Å². The second kappa shape index (κ2) is 6.79. The number of rotatable bonds is 5. The number of hydrogen-bond donors (Lipinski definition) is 2. The van der Waals surface area contributed by atoms with Gasteiger partial charge in [0.05, 0.1) is 12.6 Å². The smallest absolute Gasteiger partial charge is 0.220 e. The number of nitrogens with one attached hydrogen (secondary N) is 1. The molecule has 3 N–H and O–H groups in total. The van der Waals surface area contributed by atoms with Gasteiger partial charge in [-0.2, -0.15) is 0 Å². The van der Waals surface area contributed by atoms with Gasteiger partial charge in [0.2, 0.25) is 5.91 Å². The van der Waals surface area contributed by atoms with E-state index in [1.807, 2.05) is 0 Å². The maximum Gasteiger partial charge on any atom is 0.220 e. The third kappa shape index (κ3) is 4.58. The van der Waals surface area contributed by atoms with E-state index in [-0.39, 0.29) is 11.9 Å². The molecule has 0 bridgehead atoms. The number of amides is 1. The molecule has 1 aliphatic heterocycles. The molecule has 1 rings (SSSR count). The van der Waals surface area contributed by atoms with Gasteiger partial charge in [-0.15, -0.1) is 0 Å². The van der Waals surface area contributed by atoms with Crippen LogP contribution in [0.4, 0.5) is 0 Å². The highest BCUT2D eigenvalue weighted by Gasteiger charge is 2.15. The summed E-state index contributed by atoms with van der Waals surface area (Å²) in [7, 11) is 0. The highest BCUT2D eigenvalue weighted by molar-refractivity contribution is 5.76. The van der Waals surface area contributed by atoms with Crippen LogP contribution in [-0.2, 0) is 9.53 Å². The molecule has 0 aromatic rings. The van der Waals surface area contributed by atoms with Gasteiger partial charge in [0.1, 0.15) is 0 Å². The lowest BCUT2D eigenvalue weighted by molar-refractivity contribution is -0.122. The summed E-state index contributed by atoms with van der Waals surface area (Å²) in [5.41, 5.74) is 5.35. The van der Waals surface area contributed by atoms with Gasteiger partial charge in [-0.3, -0.25) is 4.79 Å². The molecule has 1 aliphatic rings. The van der Waals surface area contributed by atoms with E-state index in [1.54, 1.807) is 0 Å². The minimum absolute atomic E-state index is 0.133. The molecule has 1 saturated heterocycles. The Balaban J connectivity index is 2.06. The van der Waals surface area contributed by atoms with Crippen LogP contribution in [0, 0.1) is 0 Å². The molecule has 0 aromatic carbocycles. The quantitative estimate of drug-likeness (QED) is 0.632. The summed E-state index contributed by atoms with van der Waals surface area (Å²) in [4.78, 5) is 11.4. The molecular weight excluding hydrogens is 180 g/mol. The summed E-state index contributed by atoms with van der Waals surface area (Å²) in [5, 5.41) is 2.97. The number of hydrogen-bond acceptors (Lipinski definition) is 3. The SMILES string of the molecule is NCCCCC(=O)NC1CCCOC1. The second-order valence-corrected chi connectivity index (χ2v) is 3.73. The summed E-state index contributed by atoms with van der Waals surface area (Å²) in [5.74, 6) is 0.133. The zero-order chi connectivity index (χ0) is 10.2. The van der Waals surface area contributed by atoms with Crippen LogP contribution >= 0.6 is 0 Å². The van der Waals surface area contributed by atoms with Gasteiger partial charge >= 0.3 is 0 Å². The predicted molar refractivity (Wildman–Crippen MR) is 54.9 cm³/mol. The van der Waals surface area contributed by atoms with E-state index in [1.165, 1.54) is 0 Å². The molecule has 0 saturated carbocycles. The summed E-state index contributed by atoms with van der Waals surface area (Å²) in [6, 6.07) is 0.231. The molecule has 1 amide bonds. The van der Waals surface area contributed by atoms with Crippen LogP contribution in [-0.4, -0.2) is 31.7 Å². The predicted octanol–water partition coefficient (Wildman–Crippen LogP) is 0.411. The molecule has 82 valence electrons. The Bertz CT molecular complexity index is 168. The van der Waals surface area contributed by atoms with Crippen LogP contribution in [0.15, 0.2) is 0 Å². The lowest BCUT2D eigenvalue weighted by atomic mass is 10.1. The molecule has 0 aromatic heterocycles. The molecule has 14 heavy (non-hydrogen) atoms. The van der Waals surface area contributed by atoms with Crippen molar-refractivity contribution in [3.63, 3.8) is 0 Å². The Labute approximate surface area is 85.2 Å². The fourth-order valence-corrected chi connectivity index (χ4v) is 1.58. The fraction of sp³-hybridized carbons (Fsp3) is 0.900. The van der Waals surface area contributed by atoms with Crippen LogP contribution in [0.2, 0.25) is 0 Å². The molecule has 0 aliphatic carbocycles. The van der Waals surface area contributed by atoms with Crippen LogP contribution < -0.4 is 11.1 Å². The van der Waals surface area contributed by atoms with Gasteiger partial charge in [-0.1, -0.05) is 0 Å². The van der Waals surface area contributed by atoms with Gasteiger partial charge in [0, 0.05) is 13.0 Å². The molecule has 1 unspecified atom stereocenters. The average molecular weight is 200 g/mol. The average Bonchev–Trinajstić information content (AvgIpc) is 2.20. The topological polar surface area (TPSA) is 64.4 Å². The molecule has 4 heteroatoms. The third-order valence-corrected chi connectivity index (χ3v) is 2.38. The highest BCUT2D eigenvalue weighted by Crippen LogP contribution is 2.06. The van der Waals surface area contributed by atoms with Crippen molar-refractivity contribution in [3.05, 3.63) is 0 Å². The normalized spacial score (nSPS) is 21.9. The van der Waals surface area contributed by atoms with E-state index >= 15 is 0 Å². The number of carbonyl (C=O) groups is 1.